The quantitative estimate of drug-likeness (QED) is 0.573. The monoisotopic (exact) mass is 397 g/mol. The molecule has 0 atom stereocenters. The third kappa shape index (κ3) is 3.87. The van der Waals surface area contributed by atoms with E-state index in [4.69, 9.17) is 5.11 Å². The summed E-state index contributed by atoms with van der Waals surface area (Å²) >= 11 is 3.06. The van der Waals surface area contributed by atoms with Crippen molar-refractivity contribution in [2.75, 3.05) is 18.0 Å². The van der Waals surface area contributed by atoms with Crippen LogP contribution in [0.4, 0.5) is 5.00 Å². The van der Waals surface area contributed by atoms with Gasteiger partial charge in [-0.25, -0.2) is 9.78 Å². The van der Waals surface area contributed by atoms with E-state index in [1.54, 1.807) is 29.5 Å². The summed E-state index contributed by atoms with van der Waals surface area (Å²) in [5.74, 6) is -0.986. The maximum atomic E-state index is 11.1. The second-order valence-electron chi connectivity index (χ2n) is 5.98. The van der Waals surface area contributed by atoms with E-state index >= 15 is 0 Å². The van der Waals surface area contributed by atoms with Gasteiger partial charge in [0.15, 0.2) is 0 Å². The van der Waals surface area contributed by atoms with Gasteiger partial charge in [-0.15, -0.1) is 22.7 Å². The summed E-state index contributed by atoms with van der Waals surface area (Å²) in [6.07, 6.45) is 1.88. The fourth-order valence-electron chi connectivity index (χ4n) is 2.76. The molecule has 0 unspecified atom stereocenters. The predicted octanol–water partition coefficient (Wildman–Crippen LogP) is 5.27. The minimum Gasteiger partial charge on any atom is -0.478 e. The number of nitrogens with zero attached hydrogens (tertiary/aromatic N) is 3. The number of allylic oxidation sites excluding steroid dienone is 1. The highest BCUT2D eigenvalue weighted by atomic mass is 32.1. The molecule has 0 saturated carbocycles. The summed E-state index contributed by atoms with van der Waals surface area (Å²) in [6.45, 7) is 8.17. The predicted molar refractivity (Wildman–Crippen MR) is 113 cm³/mol. The molecule has 7 heteroatoms. The lowest BCUT2D eigenvalue weighted by Gasteiger charge is -2.17. The van der Waals surface area contributed by atoms with E-state index in [2.05, 4.69) is 35.9 Å². The van der Waals surface area contributed by atoms with Crippen LogP contribution < -0.4 is 4.90 Å². The van der Waals surface area contributed by atoms with Gasteiger partial charge in [-0.2, -0.15) is 5.26 Å². The van der Waals surface area contributed by atoms with E-state index < -0.39 is 5.97 Å². The van der Waals surface area contributed by atoms with Crippen molar-refractivity contribution in [2.45, 2.75) is 20.8 Å². The first kappa shape index (κ1) is 19.1. The van der Waals surface area contributed by atoms with Crippen LogP contribution in [0.2, 0.25) is 0 Å². The van der Waals surface area contributed by atoms with Crippen LogP contribution >= 0.6 is 22.7 Å². The number of carboxylic acids is 1. The molecule has 27 heavy (non-hydrogen) atoms. The number of aryl methyl sites for hydroxylation is 1. The van der Waals surface area contributed by atoms with E-state index in [1.165, 1.54) is 16.3 Å². The van der Waals surface area contributed by atoms with Crippen LogP contribution in [0.3, 0.4) is 0 Å². The first-order valence-electron chi connectivity index (χ1n) is 8.58. The Hall–Kier alpha value is -2.69. The Morgan fingerprint density at radius 2 is 2.04 bits per heavy atom. The lowest BCUT2D eigenvalue weighted by molar-refractivity contribution is 0.0697. The van der Waals surface area contributed by atoms with Crippen molar-refractivity contribution < 1.29 is 9.90 Å². The number of thiazole rings is 1. The summed E-state index contributed by atoms with van der Waals surface area (Å²) in [4.78, 5) is 18.9. The Kier molecular flexibility index (Phi) is 5.59. The van der Waals surface area contributed by atoms with Crippen LogP contribution in [0.25, 0.3) is 21.9 Å². The number of carboxylic acid groups (broad SMARTS) is 1. The number of rotatable bonds is 6. The molecule has 0 fully saturated rings. The third-order valence-electron chi connectivity index (χ3n) is 4.28. The highest BCUT2D eigenvalue weighted by Gasteiger charge is 2.14. The van der Waals surface area contributed by atoms with E-state index in [1.807, 2.05) is 13.0 Å². The Morgan fingerprint density at radius 3 is 2.67 bits per heavy atom. The first-order chi connectivity index (χ1) is 13.0. The molecule has 0 aliphatic carbocycles. The van der Waals surface area contributed by atoms with E-state index in [9.17, 15) is 10.1 Å². The molecule has 3 aromatic rings. The number of benzene rings is 1. The van der Waals surface area contributed by atoms with Gasteiger partial charge in [0.2, 0.25) is 0 Å². The molecule has 1 N–H and O–H groups in total. The number of aromatic carboxylic acids is 1. The molecule has 0 bridgehead atoms. The van der Waals surface area contributed by atoms with Crippen LogP contribution in [-0.2, 0) is 0 Å². The van der Waals surface area contributed by atoms with Gasteiger partial charge >= 0.3 is 5.97 Å². The molecule has 0 aliphatic heterocycles. The summed E-state index contributed by atoms with van der Waals surface area (Å²) in [5, 5.41) is 20.6. The molecule has 0 spiro atoms. The molecule has 3 rings (SSSR count). The van der Waals surface area contributed by atoms with Gasteiger partial charge in [0, 0.05) is 18.0 Å². The van der Waals surface area contributed by atoms with Crippen LogP contribution in [-0.4, -0.2) is 29.1 Å². The maximum Gasteiger partial charge on any atom is 0.335 e. The summed E-state index contributed by atoms with van der Waals surface area (Å²) in [7, 11) is 0. The second-order valence-corrected chi connectivity index (χ2v) is 8.07. The normalized spacial score (nSPS) is 11.6. The number of hydrogen-bond donors (Lipinski definition) is 1. The van der Waals surface area contributed by atoms with Crippen LogP contribution in [0.1, 0.15) is 39.7 Å². The summed E-state index contributed by atoms with van der Waals surface area (Å²) in [5.41, 5.74) is 2.41. The van der Waals surface area contributed by atoms with Gasteiger partial charge in [-0.3, -0.25) is 0 Å². The zero-order valence-electron chi connectivity index (χ0n) is 15.3. The smallest absolute Gasteiger partial charge is 0.335 e. The molecule has 0 saturated heterocycles. The van der Waals surface area contributed by atoms with Gasteiger partial charge in [0.25, 0.3) is 0 Å². The van der Waals surface area contributed by atoms with Crippen LogP contribution in [0.15, 0.2) is 24.3 Å². The first-order valence-corrected chi connectivity index (χ1v) is 10.2. The molecular formula is C20H19N3O2S2. The Morgan fingerprint density at radius 1 is 1.30 bits per heavy atom. The van der Waals surface area contributed by atoms with Gasteiger partial charge in [0.1, 0.15) is 11.1 Å². The molecular weight excluding hydrogens is 378 g/mol. The minimum atomic E-state index is -0.986. The maximum absolute atomic E-state index is 11.1. The number of carbonyl (C=O) groups is 1. The summed E-state index contributed by atoms with van der Waals surface area (Å²) in [6, 6.07) is 9.23. The summed E-state index contributed by atoms with van der Waals surface area (Å²) < 4.78 is 0.864. The number of nitriles is 1. The molecule has 0 aliphatic rings. The van der Waals surface area contributed by atoms with Crippen molar-refractivity contribution in [1.82, 2.24) is 4.98 Å². The fourth-order valence-corrected chi connectivity index (χ4v) is 4.92. The van der Waals surface area contributed by atoms with Gasteiger partial charge in [-0.1, -0.05) is 0 Å². The lowest BCUT2D eigenvalue weighted by atomic mass is 10.2. The van der Waals surface area contributed by atoms with E-state index in [0.29, 0.717) is 16.1 Å². The molecule has 0 radical (unpaired) electrons. The van der Waals surface area contributed by atoms with Gasteiger partial charge < -0.3 is 10.0 Å². The Labute approximate surface area is 165 Å². The lowest BCUT2D eigenvalue weighted by Crippen LogP contribution is -2.20. The minimum absolute atomic E-state index is 0.194. The largest absolute Gasteiger partial charge is 0.478 e. The standard InChI is InChI=1S/C20H19N3O2S2/c1-4-23(5-2)18-8-12(3)17(26-18)10-14(11-21)19-22-15-9-13(20(24)25)6-7-16(15)27-19/h6-10H,4-5H2,1-3H3,(H,24,25)/b14-10+. The molecule has 5 nitrogen and oxygen atoms in total. The average Bonchev–Trinajstić information content (AvgIpc) is 3.23. The molecule has 0 amide bonds. The van der Waals surface area contributed by atoms with E-state index in [0.717, 1.165) is 28.2 Å². The van der Waals surface area contributed by atoms with Gasteiger partial charge in [0.05, 0.1) is 26.4 Å². The molecule has 2 heterocycles. The zero-order chi connectivity index (χ0) is 19.6. The highest BCUT2D eigenvalue weighted by Crippen LogP contribution is 2.34. The second kappa shape index (κ2) is 7.91. The van der Waals surface area contributed by atoms with Crippen LogP contribution in [0, 0.1) is 18.3 Å². The Bertz CT molecular complexity index is 1070. The number of thiophene rings is 1. The molecule has 138 valence electrons. The highest BCUT2D eigenvalue weighted by molar-refractivity contribution is 7.20. The number of aromatic nitrogens is 1. The third-order valence-corrected chi connectivity index (χ3v) is 6.59. The van der Waals surface area contributed by atoms with Crippen molar-refractivity contribution in [3.05, 3.63) is 45.3 Å². The topological polar surface area (TPSA) is 77.2 Å². The van der Waals surface area contributed by atoms with Crippen molar-refractivity contribution >= 4 is 55.5 Å². The van der Waals surface area contributed by atoms with Crippen LogP contribution in [0.5, 0.6) is 0 Å². The average molecular weight is 398 g/mol. The van der Waals surface area contributed by atoms with Crippen molar-refractivity contribution in [3.8, 4) is 6.07 Å². The number of anilines is 1. The number of hydrogen-bond acceptors (Lipinski definition) is 6. The molecule has 1 aromatic carbocycles. The fraction of sp³-hybridized carbons (Fsp3) is 0.250. The molecule has 2 aromatic heterocycles. The van der Waals surface area contributed by atoms with Crippen molar-refractivity contribution in [2.24, 2.45) is 0 Å². The van der Waals surface area contributed by atoms with E-state index in [-0.39, 0.29) is 5.56 Å². The Balaban J connectivity index is 2.01. The van der Waals surface area contributed by atoms with Crippen molar-refractivity contribution in [3.63, 3.8) is 0 Å². The van der Waals surface area contributed by atoms with Gasteiger partial charge in [-0.05, 0) is 56.7 Å². The van der Waals surface area contributed by atoms with Crippen molar-refractivity contribution in [1.29, 1.82) is 5.26 Å². The number of fused-ring (bicyclic) bond motifs is 1. The SMILES string of the molecule is CCN(CC)c1cc(C)c(/C=C(\C#N)c2nc3cc(C(=O)O)ccc3s2)s1. The zero-order valence-corrected chi connectivity index (χ0v) is 16.9.